The van der Waals surface area contributed by atoms with Crippen LogP contribution in [0, 0.1) is 12.9 Å². The smallest absolute Gasteiger partial charge is 0.251 e. The van der Waals surface area contributed by atoms with Crippen molar-refractivity contribution in [2.24, 2.45) is 0 Å². The highest BCUT2D eigenvalue weighted by Gasteiger charge is 2.04. The molecule has 0 atom stereocenters. The van der Waals surface area contributed by atoms with Crippen molar-refractivity contribution in [3.05, 3.63) is 67.0 Å². The van der Waals surface area contributed by atoms with Crippen LogP contribution >= 0.6 is 0 Å². The summed E-state index contributed by atoms with van der Waals surface area (Å²) in [5.41, 5.74) is 2.26. The van der Waals surface area contributed by atoms with Gasteiger partial charge < -0.3 is 5.32 Å². The van der Waals surface area contributed by atoms with Crippen molar-refractivity contribution in [1.82, 2.24) is 5.32 Å². The molecule has 2 aromatic carbocycles. The van der Waals surface area contributed by atoms with E-state index >= 15 is 0 Å². The normalized spacial score (nSPS) is 10.0. The number of carbonyl (C=O) groups is 1. The Hall–Kier alpha value is -2.16. The number of amides is 1. The fourth-order valence-corrected chi connectivity index (χ4v) is 1.58. The summed E-state index contributed by atoms with van der Waals surface area (Å²) in [5, 5.41) is 2.32. The molecular weight excluding hydrogens is 217 g/mol. The van der Waals surface area contributed by atoms with Crippen molar-refractivity contribution < 1.29 is 9.18 Å². The Labute approximate surface area is 99.1 Å². The Morgan fingerprint density at radius 3 is 2.41 bits per heavy atom. The van der Waals surface area contributed by atoms with Gasteiger partial charge in [0.1, 0.15) is 5.82 Å². The maximum Gasteiger partial charge on any atom is 0.251 e. The summed E-state index contributed by atoms with van der Waals surface area (Å²) in [7, 11) is 3.33. The fourth-order valence-electron chi connectivity index (χ4n) is 1.58. The molecule has 0 fully saturated rings. The van der Waals surface area contributed by atoms with E-state index in [1.807, 2.05) is 6.07 Å². The van der Waals surface area contributed by atoms with E-state index in [2.05, 4.69) is 12.4 Å². The first kappa shape index (κ1) is 11.3. The van der Waals surface area contributed by atoms with Crippen molar-refractivity contribution in [2.75, 3.05) is 0 Å². The Kier molecular flexibility index (Phi) is 3.19. The van der Waals surface area contributed by atoms with Crippen molar-refractivity contribution >= 4 is 5.91 Å². The summed E-state index contributed by atoms with van der Waals surface area (Å²) in [5.74, 6) is -0.519. The molecule has 0 saturated carbocycles. The zero-order valence-electron chi connectivity index (χ0n) is 9.11. The Balaban J connectivity index is 2.39. The maximum atomic E-state index is 12.8. The highest BCUT2D eigenvalue weighted by atomic mass is 19.1. The molecular formula is C14H11FNO. The third kappa shape index (κ3) is 2.50. The quantitative estimate of drug-likeness (QED) is 0.841. The number of rotatable bonds is 2. The molecule has 0 unspecified atom stereocenters. The second-order valence-corrected chi connectivity index (χ2v) is 3.59. The standard InChI is InChI=1S/C14H11FNO/c1-16-14(17)12-4-2-3-11(9-12)10-5-7-13(15)8-6-10/h2-9H,1H2,(H,16,17). The number of nitrogens with one attached hydrogen (secondary N) is 1. The minimum absolute atomic E-state index is 0.242. The zero-order valence-corrected chi connectivity index (χ0v) is 9.11. The summed E-state index contributed by atoms with van der Waals surface area (Å²) in [6.45, 7) is 0. The lowest BCUT2D eigenvalue weighted by Crippen LogP contribution is -2.15. The molecule has 0 aliphatic carbocycles. The van der Waals surface area contributed by atoms with Crippen LogP contribution in [0.1, 0.15) is 10.4 Å². The molecule has 0 bridgehead atoms. The van der Waals surface area contributed by atoms with Crippen molar-refractivity contribution in [2.45, 2.75) is 0 Å². The number of halogens is 1. The molecule has 1 N–H and O–H groups in total. The van der Waals surface area contributed by atoms with E-state index in [0.29, 0.717) is 5.56 Å². The van der Waals surface area contributed by atoms with Crippen LogP contribution in [0.25, 0.3) is 11.1 Å². The molecule has 2 aromatic rings. The predicted molar refractivity (Wildman–Crippen MR) is 64.7 cm³/mol. The van der Waals surface area contributed by atoms with Crippen LogP contribution < -0.4 is 5.32 Å². The van der Waals surface area contributed by atoms with E-state index in [1.54, 1.807) is 30.3 Å². The SMILES string of the molecule is [CH2]NC(=O)c1cccc(-c2ccc(F)cc2)c1. The van der Waals surface area contributed by atoms with Gasteiger partial charge in [-0.25, -0.2) is 4.39 Å². The fraction of sp³-hybridized carbons (Fsp3) is 0. The van der Waals surface area contributed by atoms with Gasteiger partial charge in [-0.2, -0.15) is 0 Å². The van der Waals surface area contributed by atoms with E-state index in [9.17, 15) is 9.18 Å². The highest BCUT2D eigenvalue weighted by Crippen LogP contribution is 2.20. The Morgan fingerprint density at radius 1 is 1.06 bits per heavy atom. The van der Waals surface area contributed by atoms with Gasteiger partial charge >= 0.3 is 0 Å². The molecule has 17 heavy (non-hydrogen) atoms. The van der Waals surface area contributed by atoms with Crippen LogP contribution in [-0.2, 0) is 0 Å². The average Bonchev–Trinajstić information content (AvgIpc) is 2.39. The summed E-state index contributed by atoms with van der Waals surface area (Å²) in [6.07, 6.45) is 0. The Morgan fingerprint density at radius 2 is 1.76 bits per heavy atom. The molecule has 85 valence electrons. The van der Waals surface area contributed by atoms with E-state index in [1.165, 1.54) is 12.1 Å². The zero-order chi connectivity index (χ0) is 12.3. The largest absolute Gasteiger partial charge is 0.350 e. The summed E-state index contributed by atoms with van der Waals surface area (Å²) < 4.78 is 12.8. The van der Waals surface area contributed by atoms with Crippen LogP contribution in [0.15, 0.2) is 48.5 Å². The van der Waals surface area contributed by atoms with Gasteiger partial charge in [-0.3, -0.25) is 4.79 Å². The number of hydrogen-bond donors (Lipinski definition) is 1. The number of carbonyl (C=O) groups excluding carboxylic acids is 1. The molecule has 0 spiro atoms. The van der Waals surface area contributed by atoms with Crippen molar-refractivity contribution in [3.63, 3.8) is 0 Å². The Bertz CT molecular complexity index is 534. The predicted octanol–water partition coefficient (Wildman–Crippen LogP) is 3.01. The molecule has 1 radical (unpaired) electrons. The van der Waals surface area contributed by atoms with Gasteiger partial charge in [0.05, 0.1) is 0 Å². The maximum absolute atomic E-state index is 12.8. The lowest BCUT2D eigenvalue weighted by molar-refractivity contribution is 0.0969. The topological polar surface area (TPSA) is 29.1 Å². The molecule has 1 amide bonds. The lowest BCUT2D eigenvalue weighted by atomic mass is 10.0. The van der Waals surface area contributed by atoms with Crippen molar-refractivity contribution in [1.29, 1.82) is 0 Å². The van der Waals surface area contributed by atoms with Gasteiger partial charge in [-0.05, 0) is 35.4 Å². The molecule has 0 aliphatic rings. The average molecular weight is 228 g/mol. The van der Waals surface area contributed by atoms with E-state index in [0.717, 1.165) is 11.1 Å². The van der Waals surface area contributed by atoms with E-state index < -0.39 is 0 Å². The monoisotopic (exact) mass is 228 g/mol. The lowest BCUT2D eigenvalue weighted by Gasteiger charge is -2.04. The van der Waals surface area contributed by atoms with Gasteiger partial charge in [0.25, 0.3) is 5.91 Å². The van der Waals surface area contributed by atoms with Crippen LogP contribution in [0.4, 0.5) is 4.39 Å². The summed E-state index contributed by atoms with van der Waals surface area (Å²) in [4.78, 5) is 11.4. The minimum Gasteiger partial charge on any atom is -0.350 e. The number of benzene rings is 2. The van der Waals surface area contributed by atoms with Gasteiger partial charge in [0, 0.05) is 12.6 Å². The van der Waals surface area contributed by atoms with Gasteiger partial charge in [-0.1, -0.05) is 24.3 Å². The molecule has 2 rings (SSSR count). The first-order valence-electron chi connectivity index (χ1n) is 5.14. The number of hydrogen-bond acceptors (Lipinski definition) is 1. The first-order chi connectivity index (χ1) is 8.20. The minimum atomic E-state index is -0.277. The van der Waals surface area contributed by atoms with Gasteiger partial charge in [0.2, 0.25) is 0 Å². The third-order valence-electron chi connectivity index (χ3n) is 2.46. The van der Waals surface area contributed by atoms with Gasteiger partial charge in [0.15, 0.2) is 0 Å². The van der Waals surface area contributed by atoms with Gasteiger partial charge in [-0.15, -0.1) is 0 Å². The third-order valence-corrected chi connectivity index (χ3v) is 2.46. The molecule has 0 aromatic heterocycles. The second-order valence-electron chi connectivity index (χ2n) is 3.59. The van der Waals surface area contributed by atoms with E-state index in [-0.39, 0.29) is 11.7 Å². The molecule has 0 saturated heterocycles. The summed E-state index contributed by atoms with van der Waals surface area (Å²) >= 11 is 0. The van der Waals surface area contributed by atoms with Crippen LogP contribution in [0.3, 0.4) is 0 Å². The molecule has 0 heterocycles. The molecule has 3 heteroatoms. The second kappa shape index (κ2) is 4.78. The van der Waals surface area contributed by atoms with Crippen molar-refractivity contribution in [3.8, 4) is 11.1 Å². The summed E-state index contributed by atoms with van der Waals surface area (Å²) in [6, 6.07) is 13.2. The highest BCUT2D eigenvalue weighted by molar-refractivity contribution is 5.95. The van der Waals surface area contributed by atoms with Crippen LogP contribution in [-0.4, -0.2) is 5.91 Å². The first-order valence-corrected chi connectivity index (χ1v) is 5.14. The molecule has 2 nitrogen and oxygen atoms in total. The van der Waals surface area contributed by atoms with Crippen LogP contribution in [0.5, 0.6) is 0 Å². The van der Waals surface area contributed by atoms with E-state index in [4.69, 9.17) is 0 Å². The van der Waals surface area contributed by atoms with Crippen LogP contribution in [0.2, 0.25) is 0 Å². The molecule has 0 aliphatic heterocycles.